The molecule has 0 aliphatic carbocycles. The van der Waals surface area contributed by atoms with Crippen LogP contribution in [0.15, 0.2) is 19.0 Å². The summed E-state index contributed by atoms with van der Waals surface area (Å²) in [6.45, 7) is 7.11. The fraction of sp³-hybridized carbons (Fsp3) is 0.611. The van der Waals surface area contributed by atoms with Crippen molar-refractivity contribution >= 4 is 11.7 Å². The molecule has 1 atom stereocenters. The molecule has 0 bridgehead atoms. The highest BCUT2D eigenvalue weighted by Gasteiger charge is 2.22. The van der Waals surface area contributed by atoms with Gasteiger partial charge in [-0.15, -0.1) is 6.58 Å². The number of carbonyl (C=O) groups excluding carboxylic acids is 1. The molecule has 2 aliphatic heterocycles. The van der Waals surface area contributed by atoms with E-state index < -0.39 is 0 Å². The Bertz CT molecular complexity index is 602. The minimum absolute atomic E-state index is 0.0272. The highest BCUT2D eigenvalue weighted by atomic mass is 16.5. The van der Waals surface area contributed by atoms with Gasteiger partial charge in [-0.3, -0.25) is 4.79 Å². The van der Waals surface area contributed by atoms with Crippen LogP contribution in [0.4, 0.5) is 5.82 Å². The Labute approximate surface area is 148 Å². The standard InChI is InChI=1S/C18H26N4O3/c1-2-7-19-18-15-5-8-22(9-6-16(15)20-13-21-18)17(23)12-24-11-14-4-3-10-25-14/h2,13-14H,1,3-12H2,(H,19,20,21)/t14-/m0/s1. The summed E-state index contributed by atoms with van der Waals surface area (Å²) in [7, 11) is 0. The summed E-state index contributed by atoms with van der Waals surface area (Å²) < 4.78 is 11.1. The summed E-state index contributed by atoms with van der Waals surface area (Å²) >= 11 is 0. The number of fused-ring (bicyclic) bond motifs is 1. The molecule has 2 aliphatic rings. The fourth-order valence-electron chi connectivity index (χ4n) is 3.24. The maximum absolute atomic E-state index is 12.4. The molecule has 0 spiro atoms. The fourth-order valence-corrected chi connectivity index (χ4v) is 3.24. The highest BCUT2D eigenvalue weighted by Crippen LogP contribution is 2.20. The molecule has 3 heterocycles. The predicted octanol–water partition coefficient (Wildman–Crippen LogP) is 1.20. The van der Waals surface area contributed by atoms with Gasteiger partial charge in [0.15, 0.2) is 0 Å². The minimum atomic E-state index is 0.0272. The number of hydrogen-bond acceptors (Lipinski definition) is 6. The van der Waals surface area contributed by atoms with Gasteiger partial charge in [-0.1, -0.05) is 6.08 Å². The normalized spacial score (nSPS) is 20.0. The van der Waals surface area contributed by atoms with Crippen molar-refractivity contribution in [3.63, 3.8) is 0 Å². The molecule has 1 saturated heterocycles. The summed E-state index contributed by atoms with van der Waals surface area (Å²) in [5, 5.41) is 3.25. The van der Waals surface area contributed by atoms with E-state index in [9.17, 15) is 4.79 Å². The van der Waals surface area contributed by atoms with Crippen molar-refractivity contribution in [1.82, 2.24) is 14.9 Å². The van der Waals surface area contributed by atoms with Gasteiger partial charge in [0.1, 0.15) is 18.8 Å². The van der Waals surface area contributed by atoms with Crippen LogP contribution in [0.3, 0.4) is 0 Å². The average molecular weight is 346 g/mol. The predicted molar refractivity (Wildman–Crippen MR) is 94.5 cm³/mol. The van der Waals surface area contributed by atoms with E-state index in [-0.39, 0.29) is 18.6 Å². The van der Waals surface area contributed by atoms with E-state index in [1.54, 1.807) is 12.4 Å². The first-order valence-corrected chi connectivity index (χ1v) is 8.92. The molecular weight excluding hydrogens is 320 g/mol. The van der Waals surface area contributed by atoms with Crippen LogP contribution in [-0.2, 0) is 27.1 Å². The Hall–Kier alpha value is -1.99. The lowest BCUT2D eigenvalue weighted by Crippen LogP contribution is -2.36. The van der Waals surface area contributed by atoms with E-state index in [1.807, 2.05) is 4.90 Å². The van der Waals surface area contributed by atoms with E-state index in [4.69, 9.17) is 9.47 Å². The maximum Gasteiger partial charge on any atom is 0.248 e. The second-order valence-electron chi connectivity index (χ2n) is 6.35. The van der Waals surface area contributed by atoms with Crippen molar-refractivity contribution in [3.05, 3.63) is 30.2 Å². The third-order valence-electron chi connectivity index (χ3n) is 4.60. The van der Waals surface area contributed by atoms with Crippen molar-refractivity contribution in [2.75, 3.05) is 44.8 Å². The minimum Gasteiger partial charge on any atom is -0.376 e. The van der Waals surface area contributed by atoms with E-state index in [0.717, 1.165) is 49.4 Å². The molecule has 3 rings (SSSR count). The smallest absolute Gasteiger partial charge is 0.248 e. The molecule has 7 nitrogen and oxygen atoms in total. The van der Waals surface area contributed by atoms with Crippen LogP contribution < -0.4 is 5.32 Å². The van der Waals surface area contributed by atoms with Crippen LogP contribution in [0, 0.1) is 0 Å². The first-order chi connectivity index (χ1) is 12.3. The van der Waals surface area contributed by atoms with E-state index in [2.05, 4.69) is 21.9 Å². The van der Waals surface area contributed by atoms with Crippen molar-refractivity contribution in [1.29, 1.82) is 0 Å². The van der Waals surface area contributed by atoms with Crippen LogP contribution in [-0.4, -0.2) is 66.3 Å². The number of anilines is 1. The van der Waals surface area contributed by atoms with Gasteiger partial charge in [0, 0.05) is 38.2 Å². The molecule has 136 valence electrons. The quantitative estimate of drug-likeness (QED) is 0.748. The van der Waals surface area contributed by atoms with Gasteiger partial charge < -0.3 is 19.7 Å². The van der Waals surface area contributed by atoms with Crippen molar-refractivity contribution in [3.8, 4) is 0 Å². The molecule has 0 unspecified atom stereocenters. The lowest BCUT2D eigenvalue weighted by Gasteiger charge is -2.20. The number of nitrogens with one attached hydrogen (secondary N) is 1. The maximum atomic E-state index is 12.4. The molecule has 0 saturated carbocycles. The second kappa shape index (κ2) is 8.92. The summed E-state index contributed by atoms with van der Waals surface area (Å²) in [6.07, 6.45) is 7.10. The Morgan fingerprint density at radius 3 is 3.12 bits per heavy atom. The second-order valence-corrected chi connectivity index (χ2v) is 6.35. The number of aromatic nitrogens is 2. The van der Waals surface area contributed by atoms with E-state index in [0.29, 0.717) is 26.2 Å². The molecular formula is C18H26N4O3. The van der Waals surface area contributed by atoms with E-state index in [1.165, 1.54) is 0 Å². The zero-order chi connectivity index (χ0) is 17.5. The lowest BCUT2D eigenvalue weighted by atomic mass is 10.1. The third kappa shape index (κ3) is 4.76. The summed E-state index contributed by atoms with van der Waals surface area (Å²) in [4.78, 5) is 23.0. The molecule has 1 fully saturated rings. The first-order valence-electron chi connectivity index (χ1n) is 8.92. The number of rotatable bonds is 7. The van der Waals surface area contributed by atoms with Gasteiger partial charge in [0.05, 0.1) is 18.4 Å². The summed E-state index contributed by atoms with van der Waals surface area (Å²) in [5.41, 5.74) is 2.11. The Morgan fingerprint density at radius 2 is 2.32 bits per heavy atom. The number of nitrogens with zero attached hydrogens (tertiary/aromatic N) is 3. The largest absolute Gasteiger partial charge is 0.376 e. The van der Waals surface area contributed by atoms with Crippen molar-refractivity contribution in [2.24, 2.45) is 0 Å². The van der Waals surface area contributed by atoms with Crippen LogP contribution >= 0.6 is 0 Å². The molecule has 7 heteroatoms. The van der Waals surface area contributed by atoms with Crippen LogP contribution in [0.1, 0.15) is 24.1 Å². The molecule has 1 amide bonds. The Morgan fingerprint density at radius 1 is 1.44 bits per heavy atom. The van der Waals surface area contributed by atoms with Gasteiger partial charge in [-0.05, 0) is 19.3 Å². The monoisotopic (exact) mass is 346 g/mol. The lowest BCUT2D eigenvalue weighted by molar-refractivity contribution is -0.137. The highest BCUT2D eigenvalue weighted by molar-refractivity contribution is 5.77. The SMILES string of the molecule is C=CCNc1ncnc2c1CCN(C(=O)COC[C@@H]1CCCO1)CC2. The molecule has 25 heavy (non-hydrogen) atoms. The average Bonchev–Trinajstić information content (AvgIpc) is 3.04. The van der Waals surface area contributed by atoms with Crippen LogP contribution in [0.25, 0.3) is 0 Å². The molecule has 1 aromatic rings. The molecule has 0 aromatic carbocycles. The Balaban J connectivity index is 1.52. The van der Waals surface area contributed by atoms with Gasteiger partial charge in [0.2, 0.25) is 5.91 Å². The summed E-state index contributed by atoms with van der Waals surface area (Å²) in [5.74, 6) is 0.869. The first kappa shape index (κ1) is 17.8. The van der Waals surface area contributed by atoms with Gasteiger partial charge >= 0.3 is 0 Å². The molecule has 1 N–H and O–H groups in total. The molecule has 1 aromatic heterocycles. The zero-order valence-electron chi connectivity index (χ0n) is 14.6. The van der Waals surface area contributed by atoms with Crippen molar-refractivity contribution in [2.45, 2.75) is 31.8 Å². The van der Waals surface area contributed by atoms with Gasteiger partial charge in [-0.2, -0.15) is 0 Å². The Kier molecular flexibility index (Phi) is 6.36. The zero-order valence-corrected chi connectivity index (χ0v) is 14.6. The van der Waals surface area contributed by atoms with Crippen LogP contribution in [0.5, 0.6) is 0 Å². The number of amides is 1. The van der Waals surface area contributed by atoms with Crippen molar-refractivity contribution < 1.29 is 14.3 Å². The molecule has 0 radical (unpaired) electrons. The van der Waals surface area contributed by atoms with E-state index >= 15 is 0 Å². The van der Waals surface area contributed by atoms with Crippen LogP contribution in [0.2, 0.25) is 0 Å². The van der Waals surface area contributed by atoms with Gasteiger partial charge in [-0.25, -0.2) is 9.97 Å². The van der Waals surface area contributed by atoms with Gasteiger partial charge in [0.25, 0.3) is 0 Å². The number of hydrogen-bond donors (Lipinski definition) is 1. The number of ether oxygens (including phenoxy) is 2. The number of carbonyl (C=O) groups is 1. The third-order valence-corrected chi connectivity index (χ3v) is 4.60. The topological polar surface area (TPSA) is 76.6 Å². The summed E-state index contributed by atoms with van der Waals surface area (Å²) in [6, 6.07) is 0.